The Kier molecular flexibility index (Phi) is 5.99. The number of nitrogens with one attached hydrogen (secondary N) is 1. The molecule has 1 rings (SSSR count). The van der Waals surface area contributed by atoms with Crippen LogP contribution in [0, 0.1) is 6.92 Å². The molecule has 0 saturated carbocycles. The topological polar surface area (TPSA) is 64.1 Å². The van der Waals surface area contributed by atoms with Crippen LogP contribution >= 0.6 is 0 Å². The Morgan fingerprint density at radius 2 is 2.18 bits per heavy atom. The largest absolute Gasteiger partial charge is 0.469 e. The number of aromatic nitrogens is 2. The summed E-state index contributed by atoms with van der Waals surface area (Å²) in [5.74, 6) is 0.717. The van der Waals surface area contributed by atoms with Gasteiger partial charge in [-0.1, -0.05) is 6.42 Å². The van der Waals surface area contributed by atoms with E-state index in [1.54, 1.807) is 6.33 Å². The van der Waals surface area contributed by atoms with Crippen molar-refractivity contribution in [2.45, 2.75) is 32.6 Å². The lowest BCUT2D eigenvalue weighted by molar-refractivity contribution is -0.140. The molecule has 1 N–H and O–H groups in total. The normalized spacial score (nSPS) is 10.0. The van der Waals surface area contributed by atoms with Crippen molar-refractivity contribution in [3.63, 3.8) is 0 Å². The standard InChI is InChI=1S/C12H19N3O2/c1-10-8-11(15-9-14-10)13-7-5-3-4-6-12(16)17-2/h8-9H,3-7H2,1-2H3,(H,13,14,15). The van der Waals surface area contributed by atoms with Crippen molar-refractivity contribution in [1.29, 1.82) is 0 Å². The number of esters is 1. The second-order valence-corrected chi connectivity index (χ2v) is 3.86. The van der Waals surface area contributed by atoms with Gasteiger partial charge in [-0.05, 0) is 19.8 Å². The summed E-state index contributed by atoms with van der Waals surface area (Å²) < 4.78 is 4.57. The molecule has 0 aromatic carbocycles. The van der Waals surface area contributed by atoms with Gasteiger partial charge in [-0.15, -0.1) is 0 Å². The molecule has 1 aromatic rings. The van der Waals surface area contributed by atoms with E-state index in [-0.39, 0.29) is 5.97 Å². The van der Waals surface area contributed by atoms with Gasteiger partial charge in [-0.25, -0.2) is 9.97 Å². The lowest BCUT2D eigenvalue weighted by Gasteiger charge is -2.05. The zero-order valence-corrected chi connectivity index (χ0v) is 10.4. The zero-order chi connectivity index (χ0) is 12.5. The molecule has 94 valence electrons. The number of nitrogens with zero attached hydrogens (tertiary/aromatic N) is 2. The highest BCUT2D eigenvalue weighted by molar-refractivity contribution is 5.68. The van der Waals surface area contributed by atoms with E-state index in [9.17, 15) is 4.79 Å². The van der Waals surface area contributed by atoms with E-state index >= 15 is 0 Å². The van der Waals surface area contributed by atoms with Crippen LogP contribution in [0.4, 0.5) is 5.82 Å². The Bertz CT molecular complexity index is 355. The molecule has 0 spiro atoms. The van der Waals surface area contributed by atoms with Gasteiger partial charge in [-0.2, -0.15) is 0 Å². The van der Waals surface area contributed by atoms with Crippen LogP contribution in [-0.4, -0.2) is 29.6 Å². The SMILES string of the molecule is COC(=O)CCCCCNc1cc(C)ncn1. The maximum absolute atomic E-state index is 10.8. The first-order valence-corrected chi connectivity index (χ1v) is 5.81. The van der Waals surface area contributed by atoms with Gasteiger partial charge < -0.3 is 10.1 Å². The number of hydrogen-bond acceptors (Lipinski definition) is 5. The van der Waals surface area contributed by atoms with Crippen LogP contribution in [0.15, 0.2) is 12.4 Å². The molecular formula is C12H19N3O2. The van der Waals surface area contributed by atoms with Gasteiger partial charge in [0.05, 0.1) is 7.11 Å². The third-order valence-corrected chi connectivity index (χ3v) is 2.40. The summed E-state index contributed by atoms with van der Waals surface area (Å²) in [6, 6.07) is 1.91. The number of hydrogen-bond donors (Lipinski definition) is 1. The van der Waals surface area contributed by atoms with Crippen molar-refractivity contribution in [3.05, 3.63) is 18.1 Å². The Hall–Kier alpha value is -1.65. The van der Waals surface area contributed by atoms with Crippen LogP contribution < -0.4 is 5.32 Å². The van der Waals surface area contributed by atoms with Gasteiger partial charge in [-0.3, -0.25) is 4.79 Å². The minimum atomic E-state index is -0.135. The molecule has 0 saturated heterocycles. The fraction of sp³-hybridized carbons (Fsp3) is 0.583. The molecular weight excluding hydrogens is 218 g/mol. The monoisotopic (exact) mass is 237 g/mol. The predicted molar refractivity (Wildman–Crippen MR) is 65.7 cm³/mol. The van der Waals surface area contributed by atoms with Crippen LogP contribution in [-0.2, 0) is 9.53 Å². The first-order valence-electron chi connectivity index (χ1n) is 5.81. The Morgan fingerprint density at radius 1 is 1.35 bits per heavy atom. The van der Waals surface area contributed by atoms with E-state index in [2.05, 4.69) is 20.0 Å². The molecule has 0 bridgehead atoms. The van der Waals surface area contributed by atoms with Crippen molar-refractivity contribution >= 4 is 11.8 Å². The van der Waals surface area contributed by atoms with Crippen LogP contribution in [0.1, 0.15) is 31.4 Å². The van der Waals surface area contributed by atoms with Crippen LogP contribution in [0.25, 0.3) is 0 Å². The van der Waals surface area contributed by atoms with Crippen LogP contribution in [0.2, 0.25) is 0 Å². The number of methoxy groups -OCH3 is 1. The minimum Gasteiger partial charge on any atom is -0.469 e. The molecule has 5 nitrogen and oxygen atoms in total. The third kappa shape index (κ3) is 5.85. The molecule has 0 radical (unpaired) electrons. The number of carbonyl (C=O) groups excluding carboxylic acids is 1. The minimum absolute atomic E-state index is 0.135. The van der Waals surface area contributed by atoms with Crippen molar-refractivity contribution in [1.82, 2.24) is 9.97 Å². The molecule has 17 heavy (non-hydrogen) atoms. The summed E-state index contributed by atoms with van der Waals surface area (Å²) in [5, 5.41) is 3.22. The summed E-state index contributed by atoms with van der Waals surface area (Å²) in [6.45, 7) is 2.79. The lowest BCUT2D eigenvalue weighted by atomic mass is 10.2. The van der Waals surface area contributed by atoms with Gasteiger partial charge in [0.1, 0.15) is 12.1 Å². The Labute approximate surface area is 102 Å². The molecule has 5 heteroatoms. The van der Waals surface area contributed by atoms with Crippen molar-refractivity contribution in [2.24, 2.45) is 0 Å². The molecule has 0 unspecified atom stereocenters. The molecule has 0 fully saturated rings. The summed E-state index contributed by atoms with van der Waals surface area (Å²) in [5.41, 5.74) is 0.952. The first-order chi connectivity index (χ1) is 8.22. The average molecular weight is 237 g/mol. The van der Waals surface area contributed by atoms with Gasteiger partial charge in [0.2, 0.25) is 0 Å². The highest BCUT2D eigenvalue weighted by atomic mass is 16.5. The number of aryl methyl sites for hydroxylation is 1. The quantitative estimate of drug-likeness (QED) is 0.580. The molecule has 0 amide bonds. The predicted octanol–water partition coefficient (Wildman–Crippen LogP) is 1.93. The van der Waals surface area contributed by atoms with Gasteiger partial charge >= 0.3 is 5.97 Å². The second-order valence-electron chi connectivity index (χ2n) is 3.86. The first kappa shape index (κ1) is 13.4. The molecule has 1 aromatic heterocycles. The molecule has 0 aliphatic heterocycles. The Balaban J connectivity index is 2.06. The molecule has 0 aliphatic carbocycles. The van der Waals surface area contributed by atoms with E-state index < -0.39 is 0 Å². The number of anilines is 1. The molecule has 1 heterocycles. The molecule has 0 aliphatic rings. The van der Waals surface area contributed by atoms with E-state index in [4.69, 9.17) is 0 Å². The summed E-state index contributed by atoms with van der Waals surface area (Å²) in [6.07, 6.45) is 4.95. The average Bonchev–Trinajstić information content (AvgIpc) is 2.33. The smallest absolute Gasteiger partial charge is 0.305 e. The van der Waals surface area contributed by atoms with Crippen LogP contribution in [0.3, 0.4) is 0 Å². The van der Waals surface area contributed by atoms with Crippen molar-refractivity contribution in [3.8, 4) is 0 Å². The lowest BCUT2D eigenvalue weighted by Crippen LogP contribution is -2.05. The van der Waals surface area contributed by atoms with E-state index in [1.165, 1.54) is 7.11 Å². The summed E-state index contributed by atoms with van der Waals surface area (Å²) in [4.78, 5) is 19.0. The van der Waals surface area contributed by atoms with Crippen molar-refractivity contribution in [2.75, 3.05) is 19.0 Å². The highest BCUT2D eigenvalue weighted by Crippen LogP contribution is 2.05. The fourth-order valence-electron chi connectivity index (χ4n) is 1.44. The second kappa shape index (κ2) is 7.60. The highest BCUT2D eigenvalue weighted by Gasteiger charge is 1.99. The van der Waals surface area contributed by atoms with E-state index in [1.807, 2.05) is 13.0 Å². The fourth-order valence-corrected chi connectivity index (χ4v) is 1.44. The van der Waals surface area contributed by atoms with E-state index in [0.29, 0.717) is 6.42 Å². The Morgan fingerprint density at radius 3 is 2.88 bits per heavy atom. The zero-order valence-electron chi connectivity index (χ0n) is 10.4. The number of ether oxygens (including phenoxy) is 1. The van der Waals surface area contributed by atoms with Crippen LogP contribution in [0.5, 0.6) is 0 Å². The van der Waals surface area contributed by atoms with Gasteiger partial charge in [0.15, 0.2) is 0 Å². The summed E-state index contributed by atoms with van der Waals surface area (Å²) in [7, 11) is 1.42. The summed E-state index contributed by atoms with van der Waals surface area (Å²) >= 11 is 0. The van der Waals surface area contributed by atoms with Crippen molar-refractivity contribution < 1.29 is 9.53 Å². The maximum atomic E-state index is 10.8. The van der Waals surface area contributed by atoms with Gasteiger partial charge in [0.25, 0.3) is 0 Å². The number of carbonyl (C=O) groups is 1. The third-order valence-electron chi connectivity index (χ3n) is 2.40. The van der Waals surface area contributed by atoms with E-state index in [0.717, 1.165) is 37.3 Å². The van der Waals surface area contributed by atoms with Gasteiger partial charge in [0, 0.05) is 24.7 Å². The number of unbranched alkanes of at least 4 members (excludes halogenated alkanes) is 2. The number of rotatable bonds is 7. The molecule has 0 atom stereocenters. The maximum Gasteiger partial charge on any atom is 0.305 e.